The second kappa shape index (κ2) is 5.65. The van der Waals surface area contributed by atoms with Crippen molar-refractivity contribution in [1.29, 1.82) is 0 Å². The van der Waals surface area contributed by atoms with E-state index in [2.05, 4.69) is 0 Å². The molecule has 0 heterocycles. The Balaban J connectivity index is 3.22. The summed E-state index contributed by atoms with van der Waals surface area (Å²) in [5.74, 6) is 0.109. The van der Waals surface area contributed by atoms with Gasteiger partial charge in [-0.25, -0.2) is 0 Å². The van der Waals surface area contributed by atoms with Crippen LogP contribution in [0.3, 0.4) is 0 Å². The largest absolute Gasteiger partial charge is 0.297 e. The van der Waals surface area contributed by atoms with Gasteiger partial charge in [-0.15, -0.1) is 0 Å². The van der Waals surface area contributed by atoms with E-state index < -0.39 is 5.54 Å². The Morgan fingerprint density at radius 3 is 2.18 bits per heavy atom. The number of halogens is 1. The Morgan fingerprint density at radius 1 is 1.24 bits per heavy atom. The molecule has 17 heavy (non-hydrogen) atoms. The second-order valence-electron chi connectivity index (χ2n) is 4.44. The van der Waals surface area contributed by atoms with Crippen LogP contribution in [-0.2, 0) is 0 Å². The van der Waals surface area contributed by atoms with Crippen molar-refractivity contribution in [3.63, 3.8) is 0 Å². The van der Waals surface area contributed by atoms with Crippen LogP contribution in [0.5, 0.6) is 0 Å². The molecule has 0 aliphatic heterocycles. The van der Waals surface area contributed by atoms with E-state index in [9.17, 15) is 4.79 Å². The molecule has 0 atom stereocenters. The molecule has 2 nitrogen and oxygen atoms in total. The van der Waals surface area contributed by atoms with E-state index in [1.54, 1.807) is 12.1 Å². The maximum Gasteiger partial charge on any atom is 0.184 e. The van der Waals surface area contributed by atoms with E-state index in [0.717, 1.165) is 12.8 Å². The zero-order valence-corrected chi connectivity index (χ0v) is 11.7. The van der Waals surface area contributed by atoms with Crippen molar-refractivity contribution in [2.24, 2.45) is 0 Å². The van der Waals surface area contributed by atoms with Crippen molar-refractivity contribution < 1.29 is 4.79 Å². The van der Waals surface area contributed by atoms with E-state index in [0.29, 0.717) is 10.6 Å². The third-order valence-electron chi connectivity index (χ3n) is 3.57. The highest BCUT2D eigenvalue weighted by atomic mass is 35.5. The Bertz CT molecular complexity index is 397. The van der Waals surface area contributed by atoms with Gasteiger partial charge >= 0.3 is 0 Å². The van der Waals surface area contributed by atoms with Gasteiger partial charge in [0.2, 0.25) is 0 Å². The first-order chi connectivity index (χ1) is 7.99. The molecular weight excluding hydrogens is 234 g/mol. The number of Topliss-reactive ketones (excluding diaryl/α,β-unsaturated/α-hetero) is 1. The SMILES string of the molecule is CCC(CC)(C(=O)c1ccccc1Cl)N(C)C. The molecule has 0 bridgehead atoms. The second-order valence-corrected chi connectivity index (χ2v) is 4.85. The third kappa shape index (κ3) is 2.53. The quantitative estimate of drug-likeness (QED) is 0.747. The van der Waals surface area contributed by atoms with Gasteiger partial charge in [-0.1, -0.05) is 37.6 Å². The maximum atomic E-state index is 12.7. The molecule has 0 aliphatic rings. The molecule has 0 radical (unpaired) electrons. The number of hydrogen-bond acceptors (Lipinski definition) is 2. The van der Waals surface area contributed by atoms with Gasteiger partial charge in [0.05, 0.1) is 10.6 Å². The van der Waals surface area contributed by atoms with Crippen LogP contribution >= 0.6 is 11.6 Å². The van der Waals surface area contributed by atoms with Crippen molar-refractivity contribution in [2.45, 2.75) is 32.2 Å². The predicted molar refractivity (Wildman–Crippen MR) is 72.8 cm³/mol. The number of nitrogens with zero attached hydrogens (tertiary/aromatic N) is 1. The highest BCUT2D eigenvalue weighted by molar-refractivity contribution is 6.34. The molecule has 1 aromatic carbocycles. The van der Waals surface area contributed by atoms with E-state index in [4.69, 9.17) is 11.6 Å². The predicted octanol–water partition coefficient (Wildman–Crippen LogP) is 3.64. The minimum Gasteiger partial charge on any atom is -0.297 e. The first-order valence-corrected chi connectivity index (χ1v) is 6.34. The molecule has 1 rings (SSSR count). The summed E-state index contributed by atoms with van der Waals surface area (Å²) in [6.45, 7) is 4.08. The van der Waals surface area contributed by atoms with E-state index in [1.807, 2.05) is 45.0 Å². The lowest BCUT2D eigenvalue weighted by molar-refractivity contribution is 0.0656. The molecule has 0 N–H and O–H groups in total. The fourth-order valence-electron chi connectivity index (χ4n) is 2.30. The molecule has 0 fully saturated rings. The topological polar surface area (TPSA) is 20.3 Å². The zero-order chi connectivity index (χ0) is 13.1. The zero-order valence-electron chi connectivity index (χ0n) is 11.0. The number of likely N-dealkylation sites (N-methyl/N-ethyl adjacent to an activating group) is 1. The summed E-state index contributed by atoms with van der Waals surface area (Å²) in [6, 6.07) is 7.26. The van der Waals surface area contributed by atoms with E-state index in [1.165, 1.54) is 0 Å². The summed E-state index contributed by atoms with van der Waals surface area (Å²) < 4.78 is 0. The number of carbonyl (C=O) groups excluding carboxylic acids is 1. The molecular formula is C14H20ClNO. The van der Waals surface area contributed by atoms with Crippen LogP contribution in [0.2, 0.25) is 5.02 Å². The minimum absolute atomic E-state index is 0.109. The van der Waals surface area contributed by atoms with Crippen molar-refractivity contribution in [1.82, 2.24) is 4.90 Å². The van der Waals surface area contributed by atoms with Crippen LogP contribution < -0.4 is 0 Å². The maximum absolute atomic E-state index is 12.7. The third-order valence-corrected chi connectivity index (χ3v) is 3.90. The van der Waals surface area contributed by atoms with Crippen LogP contribution in [0.25, 0.3) is 0 Å². The fourth-order valence-corrected chi connectivity index (χ4v) is 2.52. The van der Waals surface area contributed by atoms with E-state index >= 15 is 0 Å². The van der Waals surface area contributed by atoms with Crippen LogP contribution in [0.15, 0.2) is 24.3 Å². The number of hydrogen-bond donors (Lipinski definition) is 0. The molecule has 0 unspecified atom stereocenters. The molecule has 0 amide bonds. The van der Waals surface area contributed by atoms with Gasteiger partial charge in [-0.05, 0) is 39.1 Å². The van der Waals surface area contributed by atoms with Gasteiger partial charge in [0.25, 0.3) is 0 Å². The van der Waals surface area contributed by atoms with Gasteiger partial charge in [-0.3, -0.25) is 9.69 Å². The summed E-state index contributed by atoms with van der Waals surface area (Å²) in [5, 5.41) is 0.533. The van der Waals surface area contributed by atoms with E-state index in [-0.39, 0.29) is 5.78 Å². The molecule has 0 saturated heterocycles. The van der Waals surface area contributed by atoms with Gasteiger partial charge in [0.15, 0.2) is 5.78 Å². The summed E-state index contributed by atoms with van der Waals surface area (Å²) in [4.78, 5) is 14.7. The lowest BCUT2D eigenvalue weighted by atomic mass is 9.83. The van der Waals surface area contributed by atoms with Crippen LogP contribution in [0.4, 0.5) is 0 Å². The lowest BCUT2D eigenvalue weighted by Gasteiger charge is -2.37. The number of rotatable bonds is 5. The number of carbonyl (C=O) groups is 1. The average Bonchev–Trinajstić information content (AvgIpc) is 2.31. The Morgan fingerprint density at radius 2 is 1.76 bits per heavy atom. The van der Waals surface area contributed by atoms with Crippen molar-refractivity contribution >= 4 is 17.4 Å². The normalized spacial score (nSPS) is 11.9. The molecule has 94 valence electrons. The highest BCUT2D eigenvalue weighted by Crippen LogP contribution is 2.29. The van der Waals surface area contributed by atoms with Crippen LogP contribution in [0.1, 0.15) is 37.0 Å². The molecule has 0 saturated carbocycles. The standard InChI is InChI=1S/C14H20ClNO/c1-5-14(6-2,16(3)4)13(17)11-9-7-8-10-12(11)15/h7-10H,5-6H2,1-4H3. The van der Waals surface area contributed by atoms with Gasteiger partial charge in [-0.2, -0.15) is 0 Å². The Hall–Kier alpha value is -0.860. The average molecular weight is 254 g/mol. The highest BCUT2D eigenvalue weighted by Gasteiger charge is 2.38. The van der Waals surface area contributed by atoms with Gasteiger partial charge in [0.1, 0.15) is 0 Å². The summed E-state index contributed by atoms with van der Waals surface area (Å²) >= 11 is 6.10. The lowest BCUT2D eigenvalue weighted by Crippen LogP contribution is -2.50. The molecule has 0 aliphatic carbocycles. The fraction of sp³-hybridized carbons (Fsp3) is 0.500. The monoisotopic (exact) mass is 253 g/mol. The first-order valence-electron chi connectivity index (χ1n) is 5.96. The van der Waals surface area contributed by atoms with Gasteiger partial charge in [0, 0.05) is 5.56 Å². The van der Waals surface area contributed by atoms with Gasteiger partial charge < -0.3 is 0 Å². The minimum atomic E-state index is -0.453. The Kier molecular flexibility index (Phi) is 4.72. The smallest absolute Gasteiger partial charge is 0.184 e. The number of benzene rings is 1. The summed E-state index contributed by atoms with van der Waals surface area (Å²) in [6.07, 6.45) is 1.56. The number of ketones is 1. The molecule has 0 spiro atoms. The van der Waals surface area contributed by atoms with Crippen molar-refractivity contribution in [2.75, 3.05) is 14.1 Å². The summed E-state index contributed by atoms with van der Waals surface area (Å²) in [5.41, 5.74) is 0.164. The van der Waals surface area contributed by atoms with Crippen molar-refractivity contribution in [3.05, 3.63) is 34.9 Å². The van der Waals surface area contributed by atoms with Crippen molar-refractivity contribution in [3.8, 4) is 0 Å². The summed E-state index contributed by atoms with van der Waals surface area (Å²) in [7, 11) is 3.89. The van der Waals surface area contributed by atoms with Crippen LogP contribution in [-0.4, -0.2) is 30.3 Å². The molecule has 3 heteroatoms. The van der Waals surface area contributed by atoms with Crippen LogP contribution in [0, 0.1) is 0 Å². The molecule has 1 aromatic rings. The molecule has 0 aromatic heterocycles. The Labute approximate surface area is 109 Å². The first kappa shape index (κ1) is 14.2.